The lowest BCUT2D eigenvalue weighted by molar-refractivity contribution is -0.137. The molecule has 3 rings (SSSR count). The van der Waals surface area contributed by atoms with Crippen LogP contribution in [0.5, 0.6) is 5.75 Å². The largest absolute Gasteiger partial charge is 0.496 e. The molecule has 0 aliphatic rings. The zero-order chi connectivity index (χ0) is 22.4. The maximum atomic E-state index is 12.7. The third-order valence-corrected chi connectivity index (χ3v) is 4.33. The van der Waals surface area contributed by atoms with Gasteiger partial charge >= 0.3 is 6.18 Å². The van der Waals surface area contributed by atoms with Crippen molar-refractivity contribution in [2.45, 2.75) is 12.6 Å². The van der Waals surface area contributed by atoms with Crippen LogP contribution in [0, 0.1) is 0 Å². The first kappa shape index (κ1) is 21.8. The van der Waals surface area contributed by atoms with E-state index in [9.17, 15) is 22.8 Å². The molecule has 0 radical (unpaired) electrons. The van der Waals surface area contributed by atoms with Crippen molar-refractivity contribution in [3.8, 4) is 5.75 Å². The van der Waals surface area contributed by atoms with Gasteiger partial charge in [0.1, 0.15) is 12.2 Å². The van der Waals surface area contributed by atoms with E-state index in [1.54, 1.807) is 6.07 Å². The van der Waals surface area contributed by atoms with E-state index in [-0.39, 0.29) is 5.69 Å². The minimum atomic E-state index is -4.53. The Kier molecular flexibility index (Phi) is 6.54. The van der Waals surface area contributed by atoms with Crippen molar-refractivity contribution >= 4 is 34.5 Å². The van der Waals surface area contributed by atoms with Crippen LogP contribution in [-0.2, 0) is 15.8 Å². The Bertz CT molecular complexity index is 1140. The van der Waals surface area contributed by atoms with Crippen LogP contribution in [0.25, 0.3) is 10.8 Å². The average Bonchev–Trinajstić information content (AvgIpc) is 2.73. The Morgan fingerprint density at radius 2 is 1.81 bits per heavy atom. The zero-order valence-corrected chi connectivity index (χ0v) is 16.4. The van der Waals surface area contributed by atoms with E-state index in [0.29, 0.717) is 11.3 Å². The second-order valence-electron chi connectivity index (χ2n) is 6.50. The molecule has 6 nitrogen and oxygen atoms in total. The normalized spacial score (nSPS) is 11.5. The first-order valence-corrected chi connectivity index (χ1v) is 9.12. The number of hydrogen-bond donors (Lipinski definition) is 2. The number of amides is 2. The number of alkyl halides is 3. The lowest BCUT2D eigenvalue weighted by atomic mass is 10.0. The van der Waals surface area contributed by atoms with Gasteiger partial charge in [0.05, 0.1) is 18.9 Å². The molecule has 0 spiro atoms. The molecule has 0 aromatic heterocycles. The van der Waals surface area contributed by atoms with Gasteiger partial charge in [-0.3, -0.25) is 9.59 Å². The summed E-state index contributed by atoms with van der Waals surface area (Å²) >= 11 is 0. The summed E-state index contributed by atoms with van der Waals surface area (Å²) in [5.74, 6) is -0.936. The van der Waals surface area contributed by atoms with E-state index < -0.39 is 30.0 Å². The number of benzene rings is 3. The van der Waals surface area contributed by atoms with Crippen molar-refractivity contribution in [2.75, 3.05) is 12.4 Å². The van der Waals surface area contributed by atoms with Gasteiger partial charge in [-0.1, -0.05) is 36.4 Å². The van der Waals surface area contributed by atoms with E-state index in [4.69, 9.17) is 4.74 Å². The Balaban J connectivity index is 1.63. The number of hydrogen-bond acceptors (Lipinski definition) is 4. The van der Waals surface area contributed by atoms with Gasteiger partial charge in [-0.05, 0) is 35.0 Å². The van der Waals surface area contributed by atoms with Crippen LogP contribution in [0.1, 0.15) is 17.5 Å². The smallest absolute Gasteiger partial charge is 0.416 e. The summed E-state index contributed by atoms with van der Waals surface area (Å²) in [5.41, 5.74) is 1.92. The molecule has 0 bridgehead atoms. The maximum absolute atomic E-state index is 12.7. The van der Waals surface area contributed by atoms with Crippen molar-refractivity contribution < 1.29 is 27.5 Å². The van der Waals surface area contributed by atoms with Crippen molar-refractivity contribution in [2.24, 2.45) is 5.10 Å². The lowest BCUT2D eigenvalue weighted by Gasteiger charge is -2.10. The summed E-state index contributed by atoms with van der Waals surface area (Å²) in [7, 11) is 1.51. The number of rotatable bonds is 6. The first-order chi connectivity index (χ1) is 14.8. The van der Waals surface area contributed by atoms with Crippen molar-refractivity contribution in [3.63, 3.8) is 0 Å². The highest BCUT2D eigenvalue weighted by molar-refractivity contribution is 6.05. The molecule has 2 amide bonds. The number of carbonyl (C=O) groups is 2. The third-order valence-electron chi connectivity index (χ3n) is 4.33. The van der Waals surface area contributed by atoms with Crippen molar-refractivity contribution in [1.82, 2.24) is 5.43 Å². The van der Waals surface area contributed by atoms with Crippen LogP contribution >= 0.6 is 0 Å². The van der Waals surface area contributed by atoms with E-state index in [0.717, 1.165) is 22.9 Å². The van der Waals surface area contributed by atoms with E-state index >= 15 is 0 Å². The second kappa shape index (κ2) is 9.29. The standard InChI is InChI=1S/C22H18F3N3O3/c1-31-19-10-9-14-5-2-3-8-17(14)18(19)13-26-28-21(30)12-20(29)27-16-7-4-6-15(11-16)22(23,24)25/h2-11,13H,12H2,1H3,(H,27,29)(H,28,30). The van der Waals surface area contributed by atoms with Crippen LogP contribution in [0.3, 0.4) is 0 Å². The Hall–Kier alpha value is -3.88. The number of carbonyl (C=O) groups excluding carboxylic acids is 2. The number of nitrogens with zero attached hydrogens (tertiary/aromatic N) is 1. The molecule has 0 unspecified atom stereocenters. The minimum absolute atomic E-state index is 0.0587. The predicted octanol–water partition coefficient (Wildman–Crippen LogP) is 4.35. The Morgan fingerprint density at radius 3 is 2.55 bits per heavy atom. The molecule has 9 heteroatoms. The summed E-state index contributed by atoms with van der Waals surface area (Å²) in [6.45, 7) is 0. The fourth-order valence-electron chi connectivity index (χ4n) is 2.92. The second-order valence-corrected chi connectivity index (χ2v) is 6.50. The number of nitrogens with one attached hydrogen (secondary N) is 2. The highest BCUT2D eigenvalue weighted by atomic mass is 19.4. The molecule has 2 N–H and O–H groups in total. The van der Waals surface area contributed by atoms with Crippen LogP contribution < -0.4 is 15.5 Å². The summed E-state index contributed by atoms with van der Waals surface area (Å²) < 4.78 is 43.6. The highest BCUT2D eigenvalue weighted by Gasteiger charge is 2.30. The van der Waals surface area contributed by atoms with Gasteiger partial charge in [0, 0.05) is 11.3 Å². The van der Waals surface area contributed by atoms with Gasteiger partial charge in [-0.25, -0.2) is 5.43 Å². The van der Waals surface area contributed by atoms with Crippen molar-refractivity contribution in [3.05, 3.63) is 71.8 Å². The van der Waals surface area contributed by atoms with E-state index in [1.165, 1.54) is 25.5 Å². The molecular formula is C22H18F3N3O3. The Morgan fingerprint density at radius 1 is 1.03 bits per heavy atom. The topological polar surface area (TPSA) is 79.8 Å². The van der Waals surface area contributed by atoms with E-state index in [1.807, 2.05) is 30.3 Å². The minimum Gasteiger partial charge on any atom is -0.496 e. The van der Waals surface area contributed by atoms with Gasteiger partial charge in [0.2, 0.25) is 11.8 Å². The molecule has 0 aliphatic carbocycles. The SMILES string of the molecule is COc1ccc2ccccc2c1C=NNC(=O)CC(=O)Nc1cccc(C(F)(F)F)c1. The highest BCUT2D eigenvalue weighted by Crippen LogP contribution is 2.30. The summed E-state index contributed by atoms with van der Waals surface area (Å²) in [4.78, 5) is 23.9. The monoisotopic (exact) mass is 429 g/mol. The number of hydrazone groups is 1. The van der Waals surface area contributed by atoms with Crippen LogP contribution in [-0.4, -0.2) is 25.1 Å². The summed E-state index contributed by atoms with van der Waals surface area (Å²) in [5, 5.41) is 7.96. The number of methoxy groups -OCH3 is 1. The van der Waals surface area contributed by atoms with Gasteiger partial charge in [0.25, 0.3) is 0 Å². The molecular weight excluding hydrogens is 411 g/mol. The first-order valence-electron chi connectivity index (χ1n) is 9.12. The number of halogens is 3. The van der Waals surface area contributed by atoms with E-state index in [2.05, 4.69) is 15.8 Å². The quantitative estimate of drug-likeness (QED) is 0.347. The molecule has 0 atom stereocenters. The van der Waals surface area contributed by atoms with Gasteiger partial charge in [0.15, 0.2) is 0 Å². The molecule has 0 aliphatic heterocycles. The molecule has 0 saturated carbocycles. The molecule has 0 fully saturated rings. The number of ether oxygens (including phenoxy) is 1. The molecule has 160 valence electrons. The lowest BCUT2D eigenvalue weighted by Crippen LogP contribution is -2.24. The zero-order valence-electron chi connectivity index (χ0n) is 16.4. The fraction of sp³-hybridized carbons (Fsp3) is 0.136. The third kappa shape index (κ3) is 5.59. The maximum Gasteiger partial charge on any atom is 0.416 e. The fourth-order valence-corrected chi connectivity index (χ4v) is 2.92. The average molecular weight is 429 g/mol. The summed E-state index contributed by atoms with van der Waals surface area (Å²) in [6.07, 6.45) is -3.74. The Labute approximate surface area is 175 Å². The van der Waals surface area contributed by atoms with Gasteiger partial charge in [-0.15, -0.1) is 0 Å². The molecule has 3 aromatic carbocycles. The molecule has 0 heterocycles. The van der Waals surface area contributed by atoms with Crippen LogP contribution in [0.15, 0.2) is 65.8 Å². The number of fused-ring (bicyclic) bond motifs is 1. The predicted molar refractivity (Wildman–Crippen MR) is 111 cm³/mol. The number of anilines is 1. The molecule has 31 heavy (non-hydrogen) atoms. The van der Waals surface area contributed by atoms with Crippen LogP contribution in [0.2, 0.25) is 0 Å². The molecule has 3 aromatic rings. The van der Waals surface area contributed by atoms with Gasteiger partial charge in [-0.2, -0.15) is 18.3 Å². The van der Waals surface area contributed by atoms with Crippen molar-refractivity contribution in [1.29, 1.82) is 0 Å². The molecule has 0 saturated heterocycles. The van der Waals surface area contributed by atoms with Gasteiger partial charge < -0.3 is 10.1 Å². The van der Waals surface area contributed by atoms with Crippen LogP contribution in [0.4, 0.5) is 18.9 Å². The summed E-state index contributed by atoms with van der Waals surface area (Å²) in [6, 6.07) is 15.4.